The molecule has 0 amide bonds. The Morgan fingerprint density at radius 1 is 1.20 bits per heavy atom. The van der Waals surface area contributed by atoms with Gasteiger partial charge >= 0.3 is 0 Å². The molecule has 0 spiro atoms. The number of nitriles is 1. The van der Waals surface area contributed by atoms with Crippen LogP contribution in [0.2, 0.25) is 0 Å². The van der Waals surface area contributed by atoms with Gasteiger partial charge in [-0.2, -0.15) is 5.26 Å². The van der Waals surface area contributed by atoms with E-state index in [1.54, 1.807) is 0 Å². The SMILES string of the molecule is CC1(C)CC(=O)CC(=O)C1(C#N)CCc1ccccc1. The highest BCUT2D eigenvalue weighted by atomic mass is 16.2. The van der Waals surface area contributed by atoms with Crippen molar-refractivity contribution in [3.8, 4) is 6.07 Å². The number of rotatable bonds is 3. The molecule has 1 aromatic rings. The molecule has 0 radical (unpaired) electrons. The molecule has 1 atom stereocenters. The van der Waals surface area contributed by atoms with Crippen LogP contribution in [-0.4, -0.2) is 11.6 Å². The normalized spacial score (nSPS) is 25.2. The number of nitrogens with zero attached hydrogens (tertiary/aromatic N) is 1. The Kier molecular flexibility index (Phi) is 3.76. The van der Waals surface area contributed by atoms with Gasteiger partial charge in [0.15, 0.2) is 5.78 Å². The molecule has 1 unspecified atom stereocenters. The second kappa shape index (κ2) is 5.20. The first-order valence-electron chi connectivity index (χ1n) is 6.91. The van der Waals surface area contributed by atoms with E-state index in [0.717, 1.165) is 5.56 Å². The largest absolute Gasteiger partial charge is 0.299 e. The summed E-state index contributed by atoms with van der Waals surface area (Å²) in [6, 6.07) is 12.1. The summed E-state index contributed by atoms with van der Waals surface area (Å²) in [5.41, 5.74) is -0.526. The molecule has 0 saturated heterocycles. The molecule has 3 heteroatoms. The van der Waals surface area contributed by atoms with Crippen molar-refractivity contribution in [2.24, 2.45) is 10.8 Å². The molecule has 1 aromatic carbocycles. The first-order chi connectivity index (χ1) is 9.41. The van der Waals surface area contributed by atoms with Gasteiger partial charge in [-0.15, -0.1) is 0 Å². The van der Waals surface area contributed by atoms with Crippen molar-refractivity contribution in [2.45, 2.75) is 39.5 Å². The van der Waals surface area contributed by atoms with Crippen LogP contribution >= 0.6 is 0 Å². The third-order valence-electron chi connectivity index (χ3n) is 4.45. The van der Waals surface area contributed by atoms with Crippen LogP contribution in [0.15, 0.2) is 30.3 Å². The molecular weight excluding hydrogens is 250 g/mol. The van der Waals surface area contributed by atoms with Crippen LogP contribution in [-0.2, 0) is 16.0 Å². The standard InChI is InChI=1S/C17H19NO2/c1-16(2)11-14(19)10-15(20)17(16,12-18)9-8-13-6-4-3-5-7-13/h3-7H,8-11H2,1-2H3. The van der Waals surface area contributed by atoms with Gasteiger partial charge in [-0.05, 0) is 23.8 Å². The predicted molar refractivity (Wildman–Crippen MR) is 75.8 cm³/mol. The van der Waals surface area contributed by atoms with E-state index >= 15 is 0 Å². The lowest BCUT2D eigenvalue weighted by molar-refractivity contribution is -0.143. The van der Waals surface area contributed by atoms with Crippen molar-refractivity contribution in [2.75, 3.05) is 0 Å². The van der Waals surface area contributed by atoms with Crippen LogP contribution in [0.3, 0.4) is 0 Å². The molecule has 1 aliphatic rings. The molecule has 0 aromatic heterocycles. The van der Waals surface area contributed by atoms with Crippen LogP contribution in [0.4, 0.5) is 0 Å². The highest BCUT2D eigenvalue weighted by Gasteiger charge is 2.54. The van der Waals surface area contributed by atoms with E-state index in [1.807, 2.05) is 44.2 Å². The lowest BCUT2D eigenvalue weighted by Crippen LogP contribution is -2.49. The number of benzene rings is 1. The van der Waals surface area contributed by atoms with Gasteiger partial charge in [-0.25, -0.2) is 0 Å². The number of carbonyl (C=O) groups is 2. The maximum absolute atomic E-state index is 12.4. The highest BCUT2D eigenvalue weighted by molar-refractivity contribution is 6.06. The van der Waals surface area contributed by atoms with Crippen molar-refractivity contribution in [1.82, 2.24) is 0 Å². The summed E-state index contributed by atoms with van der Waals surface area (Å²) in [7, 11) is 0. The zero-order valence-electron chi connectivity index (χ0n) is 12.0. The van der Waals surface area contributed by atoms with E-state index in [-0.39, 0.29) is 18.0 Å². The average molecular weight is 269 g/mol. The summed E-state index contributed by atoms with van der Waals surface area (Å²) in [5.74, 6) is -0.261. The second-order valence-electron chi connectivity index (χ2n) is 6.20. The summed E-state index contributed by atoms with van der Waals surface area (Å²) in [6.45, 7) is 3.71. The smallest absolute Gasteiger partial charge is 0.160 e. The summed E-state index contributed by atoms with van der Waals surface area (Å²) >= 11 is 0. The molecule has 1 saturated carbocycles. The van der Waals surface area contributed by atoms with E-state index in [1.165, 1.54) is 0 Å². The Morgan fingerprint density at radius 3 is 2.40 bits per heavy atom. The number of ketones is 2. The minimum atomic E-state index is -1.04. The molecule has 0 aliphatic heterocycles. The number of Topliss-reactive ketones (excluding diaryl/α,β-unsaturated/α-hetero) is 2. The number of hydrogen-bond acceptors (Lipinski definition) is 3. The van der Waals surface area contributed by atoms with Gasteiger partial charge in [-0.1, -0.05) is 44.2 Å². The van der Waals surface area contributed by atoms with Gasteiger partial charge in [0.05, 0.1) is 12.5 Å². The number of carbonyl (C=O) groups excluding carboxylic acids is 2. The second-order valence-corrected chi connectivity index (χ2v) is 6.20. The van der Waals surface area contributed by atoms with Gasteiger partial charge in [0.2, 0.25) is 0 Å². The Morgan fingerprint density at radius 2 is 1.85 bits per heavy atom. The van der Waals surface area contributed by atoms with Gasteiger partial charge in [-0.3, -0.25) is 9.59 Å². The van der Waals surface area contributed by atoms with E-state index in [9.17, 15) is 14.9 Å². The molecule has 20 heavy (non-hydrogen) atoms. The van der Waals surface area contributed by atoms with Crippen molar-refractivity contribution in [1.29, 1.82) is 5.26 Å². The first kappa shape index (κ1) is 14.5. The molecule has 3 nitrogen and oxygen atoms in total. The summed E-state index contributed by atoms with van der Waals surface area (Å²) < 4.78 is 0. The number of aryl methyl sites for hydroxylation is 1. The Hall–Kier alpha value is -1.95. The van der Waals surface area contributed by atoms with E-state index in [2.05, 4.69) is 6.07 Å². The molecule has 0 heterocycles. The zero-order valence-corrected chi connectivity index (χ0v) is 12.0. The fourth-order valence-electron chi connectivity index (χ4n) is 3.14. The Balaban J connectivity index is 2.26. The van der Waals surface area contributed by atoms with Crippen LogP contribution in [0, 0.1) is 22.2 Å². The maximum atomic E-state index is 12.4. The quantitative estimate of drug-likeness (QED) is 0.792. The molecule has 2 rings (SSSR count). The van der Waals surface area contributed by atoms with E-state index < -0.39 is 10.8 Å². The van der Waals surface area contributed by atoms with Crippen molar-refractivity contribution >= 4 is 11.6 Å². The summed E-state index contributed by atoms with van der Waals surface area (Å²) in [6.07, 6.45) is 1.37. The molecule has 0 N–H and O–H groups in total. The van der Waals surface area contributed by atoms with Crippen LogP contribution in [0.5, 0.6) is 0 Å². The molecule has 104 valence electrons. The fourth-order valence-corrected chi connectivity index (χ4v) is 3.14. The Bertz CT molecular complexity index is 568. The first-order valence-corrected chi connectivity index (χ1v) is 6.91. The van der Waals surface area contributed by atoms with E-state index in [0.29, 0.717) is 19.3 Å². The van der Waals surface area contributed by atoms with E-state index in [4.69, 9.17) is 0 Å². The molecule has 0 bridgehead atoms. The average Bonchev–Trinajstić information content (AvgIpc) is 2.38. The monoisotopic (exact) mass is 269 g/mol. The summed E-state index contributed by atoms with van der Waals surface area (Å²) in [5, 5.41) is 9.63. The minimum Gasteiger partial charge on any atom is -0.299 e. The van der Waals surface area contributed by atoms with Gasteiger partial charge in [0, 0.05) is 6.42 Å². The fraction of sp³-hybridized carbons (Fsp3) is 0.471. The predicted octanol–water partition coefficient (Wildman–Crippen LogP) is 3.09. The van der Waals surface area contributed by atoms with Crippen LogP contribution in [0.25, 0.3) is 0 Å². The maximum Gasteiger partial charge on any atom is 0.160 e. The third kappa shape index (κ3) is 2.38. The Labute approximate surface area is 119 Å². The van der Waals surface area contributed by atoms with Gasteiger partial charge < -0.3 is 0 Å². The van der Waals surface area contributed by atoms with Crippen molar-refractivity contribution in [3.05, 3.63) is 35.9 Å². The van der Waals surface area contributed by atoms with Crippen molar-refractivity contribution < 1.29 is 9.59 Å². The zero-order chi connectivity index (χ0) is 14.8. The summed E-state index contributed by atoms with van der Waals surface area (Å²) in [4.78, 5) is 24.0. The molecular formula is C17H19NO2. The third-order valence-corrected chi connectivity index (χ3v) is 4.45. The lowest BCUT2D eigenvalue weighted by Gasteiger charge is -2.43. The van der Waals surface area contributed by atoms with Crippen LogP contribution < -0.4 is 0 Å². The van der Waals surface area contributed by atoms with Crippen molar-refractivity contribution in [3.63, 3.8) is 0 Å². The van der Waals surface area contributed by atoms with Gasteiger partial charge in [0.25, 0.3) is 0 Å². The topological polar surface area (TPSA) is 57.9 Å². The molecule has 1 fully saturated rings. The highest BCUT2D eigenvalue weighted by Crippen LogP contribution is 2.49. The van der Waals surface area contributed by atoms with Crippen LogP contribution in [0.1, 0.15) is 38.7 Å². The minimum absolute atomic E-state index is 0.0504. The van der Waals surface area contributed by atoms with Gasteiger partial charge in [0.1, 0.15) is 11.2 Å². The molecule has 1 aliphatic carbocycles. The number of hydrogen-bond donors (Lipinski definition) is 0. The lowest BCUT2D eigenvalue weighted by atomic mass is 9.55.